The van der Waals surface area contributed by atoms with E-state index in [0.29, 0.717) is 50.7 Å². The van der Waals surface area contributed by atoms with Crippen LogP contribution in [0, 0.1) is 11.8 Å². The number of imide groups is 1. The minimum atomic E-state index is -0.748. The topological polar surface area (TPSA) is 93.6 Å². The first-order valence-electron chi connectivity index (χ1n) is 13.5. The van der Waals surface area contributed by atoms with Gasteiger partial charge in [-0.25, -0.2) is 9.78 Å². The van der Waals surface area contributed by atoms with E-state index in [9.17, 15) is 19.2 Å². The third-order valence-corrected chi connectivity index (χ3v) is 11.4. The van der Waals surface area contributed by atoms with Crippen molar-refractivity contribution in [3.05, 3.63) is 92.9 Å². The van der Waals surface area contributed by atoms with Gasteiger partial charge in [0.2, 0.25) is 17.6 Å². The third kappa shape index (κ3) is 5.93. The van der Waals surface area contributed by atoms with Gasteiger partial charge in [0.05, 0.1) is 39.3 Å². The van der Waals surface area contributed by atoms with Crippen molar-refractivity contribution in [2.45, 2.75) is 22.5 Å². The van der Waals surface area contributed by atoms with Crippen LogP contribution in [-0.2, 0) is 14.3 Å². The van der Waals surface area contributed by atoms with Crippen molar-refractivity contribution in [3.8, 4) is 11.3 Å². The number of carbonyl (C=O) groups excluding carboxylic acids is 4. The predicted octanol–water partition coefficient (Wildman–Crippen LogP) is 8.33. The van der Waals surface area contributed by atoms with Crippen molar-refractivity contribution in [1.82, 2.24) is 4.98 Å². The van der Waals surface area contributed by atoms with Gasteiger partial charge in [-0.1, -0.05) is 78.8 Å². The van der Waals surface area contributed by atoms with E-state index in [0.717, 1.165) is 0 Å². The van der Waals surface area contributed by atoms with E-state index in [2.05, 4.69) is 31.9 Å². The molecular weight excluding hydrogens is 759 g/mol. The number of anilines is 1. The van der Waals surface area contributed by atoms with Gasteiger partial charge in [0.25, 0.3) is 0 Å². The molecule has 44 heavy (non-hydrogen) atoms. The van der Waals surface area contributed by atoms with Gasteiger partial charge >= 0.3 is 5.97 Å². The van der Waals surface area contributed by atoms with E-state index in [4.69, 9.17) is 44.5 Å². The lowest BCUT2D eigenvalue weighted by atomic mass is 9.81. The number of pyridine rings is 1. The van der Waals surface area contributed by atoms with Crippen LogP contribution < -0.4 is 4.90 Å². The Balaban J connectivity index is 1.27. The largest absolute Gasteiger partial charge is 0.454 e. The first kappa shape index (κ1) is 31.2. The summed E-state index contributed by atoms with van der Waals surface area (Å²) in [5.41, 5.74) is 2.39. The smallest absolute Gasteiger partial charge is 0.339 e. The van der Waals surface area contributed by atoms with Crippen LogP contribution in [0.4, 0.5) is 5.69 Å². The van der Waals surface area contributed by atoms with E-state index in [1.165, 1.54) is 23.1 Å². The van der Waals surface area contributed by atoms with Crippen molar-refractivity contribution in [3.63, 3.8) is 0 Å². The van der Waals surface area contributed by atoms with Crippen LogP contribution in [0.25, 0.3) is 22.2 Å². The van der Waals surface area contributed by atoms with Gasteiger partial charge in [-0.05, 0) is 67.4 Å². The summed E-state index contributed by atoms with van der Waals surface area (Å²) in [6.07, 6.45) is 1.17. The van der Waals surface area contributed by atoms with Crippen molar-refractivity contribution in [1.29, 1.82) is 0 Å². The van der Waals surface area contributed by atoms with Crippen LogP contribution in [0.15, 0.2) is 66.7 Å². The van der Waals surface area contributed by atoms with Crippen molar-refractivity contribution in [2.75, 3.05) is 11.5 Å². The SMILES string of the molecule is O=C(COC(=O)c1cc(-c2ccc(N3C(=O)C4CC(Br)C(Br)CC4C3=O)cc2)nc2ccc(Cl)cc12)c1ccc(Cl)cc1Cl. The molecule has 1 saturated carbocycles. The van der Waals surface area contributed by atoms with Gasteiger partial charge in [-0.15, -0.1) is 0 Å². The second-order valence-corrected chi connectivity index (χ2v) is 14.2. The van der Waals surface area contributed by atoms with Crippen LogP contribution >= 0.6 is 66.7 Å². The second kappa shape index (κ2) is 12.5. The summed E-state index contributed by atoms with van der Waals surface area (Å²) in [5.74, 6) is -2.34. The molecule has 2 amide bonds. The standard InChI is InChI=1S/C32H21Br2Cl3N2O5/c33-24-11-21-22(12-25(24)34)31(42)39(30(21)41)18-5-1-15(2-6-18)28-13-23(20-9-16(35)4-8-27(20)38-28)32(43)44-14-29(40)19-7-3-17(36)10-26(19)37/h1-10,13,21-22,24-25H,11-12,14H2. The minimum absolute atomic E-state index is 0.117. The van der Waals surface area contributed by atoms with E-state index < -0.39 is 18.4 Å². The zero-order chi connectivity index (χ0) is 31.3. The second-order valence-electron chi connectivity index (χ2n) is 10.6. The first-order valence-corrected chi connectivity index (χ1v) is 16.5. The maximum absolute atomic E-state index is 13.3. The molecule has 1 aliphatic heterocycles. The van der Waals surface area contributed by atoms with Gasteiger partial charge in [0, 0.05) is 36.2 Å². The Labute approximate surface area is 284 Å². The lowest BCUT2D eigenvalue weighted by Crippen LogP contribution is -2.34. The Kier molecular flexibility index (Phi) is 8.87. The van der Waals surface area contributed by atoms with Gasteiger partial charge in [-0.3, -0.25) is 19.3 Å². The molecule has 6 rings (SSSR count). The summed E-state index contributed by atoms with van der Waals surface area (Å²) < 4.78 is 5.40. The minimum Gasteiger partial charge on any atom is -0.454 e. The number of rotatable bonds is 6. The summed E-state index contributed by atoms with van der Waals surface area (Å²) in [6, 6.07) is 17.8. The molecule has 0 spiro atoms. The fourth-order valence-corrected chi connectivity index (χ4v) is 7.57. The Morgan fingerprint density at radius 2 is 1.43 bits per heavy atom. The van der Waals surface area contributed by atoms with Crippen LogP contribution in [0.3, 0.4) is 0 Å². The molecule has 7 nitrogen and oxygen atoms in total. The number of hydrogen-bond acceptors (Lipinski definition) is 6. The molecule has 1 aromatic heterocycles. The van der Waals surface area contributed by atoms with Crippen molar-refractivity contribution in [2.24, 2.45) is 11.8 Å². The highest BCUT2D eigenvalue weighted by Crippen LogP contribution is 2.44. The summed E-state index contributed by atoms with van der Waals surface area (Å²) in [5, 5.41) is 1.38. The molecule has 1 aliphatic carbocycles. The maximum Gasteiger partial charge on any atom is 0.339 e. The molecule has 1 saturated heterocycles. The monoisotopic (exact) mass is 776 g/mol. The zero-order valence-corrected chi connectivity index (χ0v) is 28.0. The summed E-state index contributed by atoms with van der Waals surface area (Å²) in [4.78, 5) is 58.7. The maximum atomic E-state index is 13.3. The Morgan fingerprint density at radius 1 is 0.818 bits per heavy atom. The summed E-state index contributed by atoms with van der Waals surface area (Å²) in [7, 11) is 0. The average Bonchev–Trinajstić information content (AvgIpc) is 3.23. The number of benzene rings is 3. The molecule has 0 bridgehead atoms. The van der Waals surface area contributed by atoms with Gasteiger partial charge in [-0.2, -0.15) is 0 Å². The number of Topliss-reactive ketones (excluding diaryl/α,β-unsaturated/α-hetero) is 1. The Morgan fingerprint density at radius 3 is 2.07 bits per heavy atom. The first-order chi connectivity index (χ1) is 21.0. The molecule has 12 heteroatoms. The number of ketones is 1. The molecule has 3 aromatic carbocycles. The lowest BCUT2D eigenvalue weighted by molar-refractivity contribution is -0.122. The van der Waals surface area contributed by atoms with Crippen molar-refractivity contribution >= 4 is 107 Å². The molecule has 224 valence electrons. The quantitative estimate of drug-likeness (QED) is 0.0846. The number of hydrogen-bond donors (Lipinski definition) is 0. The fraction of sp³-hybridized carbons (Fsp3) is 0.219. The molecule has 2 fully saturated rings. The number of alkyl halides is 2. The molecule has 4 aromatic rings. The van der Waals surface area contributed by atoms with Crippen LogP contribution in [0.5, 0.6) is 0 Å². The third-order valence-electron chi connectivity index (χ3n) is 7.89. The lowest BCUT2D eigenvalue weighted by Gasteiger charge is -2.29. The highest BCUT2D eigenvalue weighted by atomic mass is 79.9. The number of ether oxygens (including phenoxy) is 1. The molecular formula is C32H21Br2Cl3N2O5. The Hall–Kier alpha value is -2.82. The van der Waals surface area contributed by atoms with Crippen molar-refractivity contribution < 1.29 is 23.9 Å². The molecule has 0 radical (unpaired) electrons. The number of fused-ring (bicyclic) bond motifs is 2. The highest BCUT2D eigenvalue weighted by Gasteiger charge is 2.52. The van der Waals surface area contributed by atoms with Crippen LogP contribution in [0.2, 0.25) is 15.1 Å². The number of halogens is 5. The van der Waals surface area contributed by atoms with E-state index in [1.807, 2.05) is 0 Å². The number of carbonyl (C=O) groups is 4. The van der Waals surface area contributed by atoms with E-state index >= 15 is 0 Å². The molecule has 4 atom stereocenters. The summed E-state index contributed by atoms with van der Waals surface area (Å²) in [6.45, 7) is -0.542. The molecule has 2 aliphatic rings. The van der Waals surface area contributed by atoms with Gasteiger partial charge in [0.15, 0.2) is 6.61 Å². The number of esters is 1. The average molecular weight is 780 g/mol. The molecule has 4 unspecified atom stereocenters. The normalized spacial score (nSPS) is 21.4. The Bertz CT molecular complexity index is 1820. The number of amides is 2. The molecule has 0 N–H and O–H groups in total. The predicted molar refractivity (Wildman–Crippen MR) is 177 cm³/mol. The van der Waals surface area contributed by atoms with E-state index in [-0.39, 0.29) is 49.5 Å². The molecule has 2 heterocycles. The van der Waals surface area contributed by atoms with E-state index in [1.54, 1.807) is 48.5 Å². The fourth-order valence-electron chi connectivity index (χ4n) is 5.65. The zero-order valence-electron chi connectivity index (χ0n) is 22.6. The number of aromatic nitrogens is 1. The van der Waals surface area contributed by atoms with Gasteiger partial charge in [0.1, 0.15) is 0 Å². The number of nitrogens with zero attached hydrogens (tertiary/aromatic N) is 2. The highest BCUT2D eigenvalue weighted by molar-refractivity contribution is 9.12. The van der Waals surface area contributed by atoms with Gasteiger partial charge < -0.3 is 4.74 Å². The van der Waals surface area contributed by atoms with Crippen LogP contribution in [0.1, 0.15) is 33.6 Å². The van der Waals surface area contributed by atoms with Crippen LogP contribution in [-0.4, -0.2) is 44.8 Å². The summed E-state index contributed by atoms with van der Waals surface area (Å²) >= 11 is 25.5.